The van der Waals surface area contributed by atoms with Gasteiger partial charge >= 0.3 is 0 Å². The van der Waals surface area contributed by atoms with Crippen molar-refractivity contribution in [3.63, 3.8) is 0 Å². The Hall–Kier alpha value is -4.04. The fourth-order valence-corrected chi connectivity index (χ4v) is 4.34. The lowest BCUT2D eigenvalue weighted by molar-refractivity contribution is 0.601. The minimum atomic E-state index is -3.82. The summed E-state index contributed by atoms with van der Waals surface area (Å²) < 4.78 is 29.5. The second kappa shape index (κ2) is 7.90. The first-order valence-electron chi connectivity index (χ1n) is 9.98. The highest BCUT2D eigenvalue weighted by atomic mass is 32.2. The van der Waals surface area contributed by atoms with Gasteiger partial charge in [-0.3, -0.25) is 0 Å². The molecule has 0 aliphatic heterocycles. The standard InChI is InChI=1S/C24H19N5O2S/c1-17-12-14-19(15-13-17)22-16-21(18-8-4-2-5-9-18)25-24-26-23(27-29(22)24)28-32(30,31)20-10-6-3-7-11-20/h2-16H,1H3,(H,27,28). The van der Waals surface area contributed by atoms with E-state index in [4.69, 9.17) is 0 Å². The van der Waals surface area contributed by atoms with Gasteiger partial charge in [0.25, 0.3) is 21.7 Å². The Morgan fingerprint density at radius 3 is 2.12 bits per heavy atom. The number of benzene rings is 3. The van der Waals surface area contributed by atoms with Crippen LogP contribution in [-0.4, -0.2) is 28.0 Å². The fourth-order valence-electron chi connectivity index (χ4n) is 3.38. The van der Waals surface area contributed by atoms with E-state index in [1.165, 1.54) is 12.1 Å². The first-order valence-corrected chi connectivity index (χ1v) is 11.5. The van der Waals surface area contributed by atoms with Crippen molar-refractivity contribution in [2.75, 3.05) is 4.72 Å². The molecule has 5 rings (SSSR count). The zero-order valence-corrected chi connectivity index (χ0v) is 18.0. The average Bonchev–Trinajstić information content (AvgIpc) is 3.22. The highest BCUT2D eigenvalue weighted by molar-refractivity contribution is 7.92. The van der Waals surface area contributed by atoms with E-state index in [1.807, 2.05) is 67.6 Å². The molecule has 2 aromatic heterocycles. The number of aromatic nitrogens is 4. The number of anilines is 1. The van der Waals surface area contributed by atoms with E-state index < -0.39 is 10.0 Å². The van der Waals surface area contributed by atoms with Crippen LogP contribution < -0.4 is 4.72 Å². The molecule has 158 valence electrons. The summed E-state index contributed by atoms with van der Waals surface area (Å²) in [6.45, 7) is 2.02. The third-order valence-corrected chi connectivity index (χ3v) is 6.35. The number of aryl methyl sites for hydroxylation is 1. The van der Waals surface area contributed by atoms with E-state index in [1.54, 1.807) is 22.7 Å². The summed E-state index contributed by atoms with van der Waals surface area (Å²) in [5.41, 5.74) is 4.46. The van der Waals surface area contributed by atoms with Crippen LogP contribution in [0.5, 0.6) is 0 Å². The van der Waals surface area contributed by atoms with Gasteiger partial charge in [-0.25, -0.2) is 18.1 Å². The van der Waals surface area contributed by atoms with Crippen molar-refractivity contribution in [3.05, 3.63) is 96.6 Å². The highest BCUT2D eigenvalue weighted by Gasteiger charge is 2.19. The number of nitrogens with zero attached hydrogens (tertiary/aromatic N) is 4. The highest BCUT2D eigenvalue weighted by Crippen LogP contribution is 2.27. The molecule has 0 amide bonds. The maximum atomic E-state index is 12.7. The smallest absolute Gasteiger partial charge is 0.246 e. The molecule has 3 aromatic carbocycles. The number of sulfonamides is 1. The summed E-state index contributed by atoms with van der Waals surface area (Å²) in [5.74, 6) is 0.257. The van der Waals surface area contributed by atoms with Gasteiger partial charge in [0.2, 0.25) is 0 Å². The molecule has 0 bridgehead atoms. The number of rotatable bonds is 5. The van der Waals surface area contributed by atoms with Crippen molar-refractivity contribution < 1.29 is 8.42 Å². The third kappa shape index (κ3) is 3.83. The Morgan fingerprint density at radius 1 is 0.781 bits per heavy atom. The van der Waals surface area contributed by atoms with Gasteiger partial charge in [-0.15, -0.1) is 5.10 Å². The number of nitrogens with one attached hydrogen (secondary N) is 1. The normalized spacial score (nSPS) is 11.5. The van der Waals surface area contributed by atoms with E-state index in [0.717, 1.165) is 28.1 Å². The van der Waals surface area contributed by atoms with Crippen LogP contribution in [0.4, 0.5) is 5.95 Å². The Kier molecular flexibility index (Phi) is 4.91. The zero-order chi connectivity index (χ0) is 22.1. The van der Waals surface area contributed by atoms with Gasteiger partial charge in [-0.1, -0.05) is 78.4 Å². The molecule has 1 N–H and O–H groups in total. The van der Waals surface area contributed by atoms with Crippen molar-refractivity contribution in [3.8, 4) is 22.5 Å². The number of fused-ring (bicyclic) bond motifs is 1. The van der Waals surface area contributed by atoms with Crippen molar-refractivity contribution in [1.29, 1.82) is 0 Å². The molecule has 0 saturated heterocycles. The summed E-state index contributed by atoms with van der Waals surface area (Å²) in [6.07, 6.45) is 0. The molecule has 0 aliphatic carbocycles. The Morgan fingerprint density at radius 2 is 1.44 bits per heavy atom. The van der Waals surface area contributed by atoms with Crippen molar-refractivity contribution in [2.24, 2.45) is 0 Å². The Bertz CT molecular complexity index is 1500. The lowest BCUT2D eigenvalue weighted by atomic mass is 10.1. The first kappa shape index (κ1) is 19.9. The van der Waals surface area contributed by atoms with Gasteiger partial charge in [0.1, 0.15) is 0 Å². The molecule has 0 saturated carbocycles. The summed E-state index contributed by atoms with van der Waals surface area (Å²) >= 11 is 0. The minimum absolute atomic E-state index is 0.0417. The van der Waals surface area contributed by atoms with Gasteiger partial charge in [-0.2, -0.15) is 9.50 Å². The van der Waals surface area contributed by atoms with Gasteiger partial charge in [-0.05, 0) is 25.1 Å². The molecule has 0 fully saturated rings. The number of hydrogen-bond donors (Lipinski definition) is 1. The van der Waals surface area contributed by atoms with Crippen LogP contribution in [0.25, 0.3) is 28.3 Å². The molecule has 8 heteroatoms. The lowest BCUT2D eigenvalue weighted by Gasteiger charge is -2.08. The van der Waals surface area contributed by atoms with Crippen molar-refractivity contribution in [1.82, 2.24) is 19.6 Å². The minimum Gasteiger partial charge on any atom is -0.246 e. The van der Waals surface area contributed by atoms with E-state index in [2.05, 4.69) is 19.8 Å². The van der Waals surface area contributed by atoms with Crippen LogP contribution in [0.15, 0.2) is 95.9 Å². The molecule has 5 aromatic rings. The molecule has 0 aliphatic rings. The van der Waals surface area contributed by atoms with Crippen LogP contribution in [-0.2, 0) is 10.0 Å². The van der Waals surface area contributed by atoms with Gasteiger partial charge in [0.05, 0.1) is 16.3 Å². The Balaban J connectivity index is 1.65. The monoisotopic (exact) mass is 441 g/mol. The molecular formula is C24H19N5O2S. The molecular weight excluding hydrogens is 422 g/mol. The predicted octanol–water partition coefficient (Wildman–Crippen LogP) is 4.57. The summed E-state index contributed by atoms with van der Waals surface area (Å²) in [7, 11) is -3.82. The van der Waals surface area contributed by atoms with Gasteiger partial charge < -0.3 is 0 Å². The van der Waals surface area contributed by atoms with Crippen LogP contribution in [0.1, 0.15) is 5.56 Å². The van der Waals surface area contributed by atoms with Crippen LogP contribution >= 0.6 is 0 Å². The summed E-state index contributed by atoms with van der Waals surface area (Å²) in [5, 5.41) is 4.41. The van der Waals surface area contributed by atoms with Crippen LogP contribution in [0.2, 0.25) is 0 Å². The molecule has 0 unspecified atom stereocenters. The van der Waals surface area contributed by atoms with Gasteiger partial charge in [0.15, 0.2) is 0 Å². The van der Waals surface area contributed by atoms with E-state index >= 15 is 0 Å². The summed E-state index contributed by atoms with van der Waals surface area (Å²) in [6, 6.07) is 27.8. The third-order valence-electron chi connectivity index (χ3n) is 5.01. The summed E-state index contributed by atoms with van der Waals surface area (Å²) in [4.78, 5) is 9.13. The van der Waals surface area contributed by atoms with Gasteiger partial charge in [0, 0.05) is 11.1 Å². The quantitative estimate of drug-likeness (QED) is 0.432. The molecule has 2 heterocycles. The predicted molar refractivity (Wildman–Crippen MR) is 124 cm³/mol. The maximum Gasteiger partial charge on any atom is 0.264 e. The Labute approximate surface area is 185 Å². The average molecular weight is 442 g/mol. The van der Waals surface area contributed by atoms with E-state index in [0.29, 0.717) is 5.78 Å². The molecule has 0 atom stereocenters. The zero-order valence-electron chi connectivity index (χ0n) is 17.2. The second-order valence-electron chi connectivity index (χ2n) is 7.32. The van der Waals surface area contributed by atoms with Crippen molar-refractivity contribution >= 4 is 21.7 Å². The topological polar surface area (TPSA) is 89.2 Å². The van der Waals surface area contributed by atoms with E-state index in [-0.39, 0.29) is 10.8 Å². The maximum absolute atomic E-state index is 12.7. The lowest BCUT2D eigenvalue weighted by Crippen LogP contribution is -2.13. The van der Waals surface area contributed by atoms with Crippen LogP contribution in [0.3, 0.4) is 0 Å². The van der Waals surface area contributed by atoms with Crippen molar-refractivity contribution in [2.45, 2.75) is 11.8 Å². The molecule has 7 nitrogen and oxygen atoms in total. The second-order valence-corrected chi connectivity index (χ2v) is 9.01. The largest absolute Gasteiger partial charge is 0.264 e. The SMILES string of the molecule is Cc1ccc(-c2cc(-c3ccccc3)nc3nc(NS(=O)(=O)c4ccccc4)nn23)cc1. The number of hydrogen-bond acceptors (Lipinski definition) is 5. The van der Waals surface area contributed by atoms with E-state index in [9.17, 15) is 8.42 Å². The van der Waals surface area contributed by atoms with Crippen LogP contribution in [0, 0.1) is 6.92 Å². The molecule has 32 heavy (non-hydrogen) atoms. The first-order chi connectivity index (χ1) is 15.5. The fraction of sp³-hybridized carbons (Fsp3) is 0.0417. The molecule has 0 radical (unpaired) electrons. The molecule has 0 spiro atoms.